The fourth-order valence-electron chi connectivity index (χ4n) is 2.16. The largest absolute Gasteiger partial charge is 0.304 e. The number of carbonyl (C=O) groups excluding carboxylic acids is 1. The van der Waals surface area contributed by atoms with Gasteiger partial charge in [0.2, 0.25) is 5.91 Å². The summed E-state index contributed by atoms with van der Waals surface area (Å²) in [5.74, 6) is -0.0717. The van der Waals surface area contributed by atoms with Crippen LogP contribution in [0.15, 0.2) is 41.8 Å². The molecule has 1 aliphatic rings. The Morgan fingerprint density at radius 1 is 1.32 bits per heavy atom. The molecule has 4 nitrogen and oxygen atoms in total. The molecule has 1 heterocycles. The molecule has 1 aromatic rings. The Morgan fingerprint density at radius 2 is 2.00 bits per heavy atom. The molecule has 1 aliphatic heterocycles. The van der Waals surface area contributed by atoms with Crippen molar-refractivity contribution in [3.63, 3.8) is 0 Å². The van der Waals surface area contributed by atoms with Crippen LogP contribution in [0.3, 0.4) is 0 Å². The van der Waals surface area contributed by atoms with Crippen LogP contribution in [-0.2, 0) is 14.6 Å². The van der Waals surface area contributed by atoms with Gasteiger partial charge in [0.15, 0.2) is 9.84 Å². The Kier molecular flexibility index (Phi) is 4.04. The Bertz CT molecular complexity index is 578. The molecule has 1 amide bonds. The van der Waals surface area contributed by atoms with Gasteiger partial charge in [-0.2, -0.15) is 0 Å². The first-order chi connectivity index (χ1) is 9.03. The predicted molar refractivity (Wildman–Crippen MR) is 75.6 cm³/mol. The second-order valence-corrected chi connectivity index (χ2v) is 6.51. The molecule has 0 aromatic heterocycles. The van der Waals surface area contributed by atoms with E-state index >= 15 is 0 Å². The van der Waals surface area contributed by atoms with Crippen LogP contribution in [0.1, 0.15) is 19.8 Å². The maximum absolute atomic E-state index is 12.2. The third-order valence-corrected chi connectivity index (χ3v) is 4.39. The molecule has 19 heavy (non-hydrogen) atoms. The van der Waals surface area contributed by atoms with Gasteiger partial charge in [0.25, 0.3) is 0 Å². The molecule has 0 radical (unpaired) electrons. The molecule has 0 spiro atoms. The topological polar surface area (TPSA) is 54.5 Å². The number of hydrogen-bond donors (Lipinski definition) is 0. The summed E-state index contributed by atoms with van der Waals surface area (Å²) in [7, 11) is -3.17. The summed E-state index contributed by atoms with van der Waals surface area (Å²) in [5, 5.41) is 1.20. The van der Waals surface area contributed by atoms with Crippen LogP contribution in [-0.4, -0.2) is 26.1 Å². The third kappa shape index (κ3) is 3.23. The second kappa shape index (κ2) is 5.57. The summed E-state index contributed by atoms with van der Waals surface area (Å²) in [6.07, 6.45) is 2.75. The van der Waals surface area contributed by atoms with Crippen molar-refractivity contribution in [2.75, 3.05) is 10.7 Å². The quantitative estimate of drug-likeness (QED) is 0.848. The lowest BCUT2D eigenvalue weighted by atomic mass is 10.2. The molecular weight excluding hydrogens is 262 g/mol. The van der Waals surface area contributed by atoms with Crippen molar-refractivity contribution in [1.29, 1.82) is 0 Å². The van der Waals surface area contributed by atoms with Crippen molar-refractivity contribution in [3.05, 3.63) is 41.8 Å². The van der Waals surface area contributed by atoms with E-state index in [2.05, 4.69) is 0 Å². The van der Waals surface area contributed by atoms with Gasteiger partial charge >= 0.3 is 0 Å². The molecule has 102 valence electrons. The van der Waals surface area contributed by atoms with Crippen molar-refractivity contribution in [2.45, 2.75) is 25.8 Å². The highest BCUT2D eigenvalue weighted by atomic mass is 32.2. The predicted octanol–water partition coefficient (Wildman–Crippen LogP) is 2.13. The second-order valence-electron chi connectivity index (χ2n) is 4.57. The number of hydrogen-bond acceptors (Lipinski definition) is 3. The molecule has 0 fully saturated rings. The standard InChI is InChI=1S/C14H17NO3S/c1-2-6-14(16)15(12-7-4-3-5-8-12)13-9-10-19(17,18)11-13/h3-5,7-10,13H,2,6,11H2,1H3/t13-/m0/s1. The van der Waals surface area contributed by atoms with Gasteiger partial charge in [0.1, 0.15) is 0 Å². The maximum Gasteiger partial charge on any atom is 0.227 e. The number of benzene rings is 1. The normalized spacial score (nSPS) is 20.4. The van der Waals surface area contributed by atoms with E-state index in [0.717, 1.165) is 12.1 Å². The van der Waals surface area contributed by atoms with Crippen LogP contribution in [0.25, 0.3) is 0 Å². The van der Waals surface area contributed by atoms with Crippen molar-refractivity contribution in [3.8, 4) is 0 Å². The SMILES string of the molecule is CCCC(=O)N(c1ccccc1)[C@H]1C=CS(=O)(=O)C1. The van der Waals surface area contributed by atoms with Crippen LogP contribution in [0.2, 0.25) is 0 Å². The number of rotatable bonds is 4. The first kappa shape index (κ1) is 13.8. The molecule has 0 N–H and O–H groups in total. The molecule has 0 saturated heterocycles. The van der Waals surface area contributed by atoms with E-state index in [9.17, 15) is 13.2 Å². The number of carbonyl (C=O) groups is 1. The molecule has 5 heteroatoms. The van der Waals surface area contributed by atoms with E-state index in [1.807, 2.05) is 37.3 Å². The zero-order valence-electron chi connectivity index (χ0n) is 10.8. The van der Waals surface area contributed by atoms with Crippen molar-refractivity contribution in [2.24, 2.45) is 0 Å². The number of sulfone groups is 1. The highest BCUT2D eigenvalue weighted by Gasteiger charge is 2.30. The van der Waals surface area contributed by atoms with E-state index in [0.29, 0.717) is 6.42 Å². The number of nitrogens with zero attached hydrogens (tertiary/aromatic N) is 1. The zero-order valence-corrected chi connectivity index (χ0v) is 11.6. The minimum atomic E-state index is -3.17. The average molecular weight is 279 g/mol. The van der Waals surface area contributed by atoms with E-state index in [4.69, 9.17) is 0 Å². The third-order valence-electron chi connectivity index (χ3n) is 3.01. The van der Waals surface area contributed by atoms with Crippen molar-refractivity contribution < 1.29 is 13.2 Å². The smallest absolute Gasteiger partial charge is 0.227 e. The van der Waals surface area contributed by atoms with Crippen LogP contribution in [0.4, 0.5) is 5.69 Å². The zero-order chi connectivity index (χ0) is 13.9. The first-order valence-corrected chi connectivity index (χ1v) is 8.03. The summed E-state index contributed by atoms with van der Waals surface area (Å²) in [4.78, 5) is 13.8. The van der Waals surface area contributed by atoms with Crippen molar-refractivity contribution >= 4 is 21.4 Å². The lowest BCUT2D eigenvalue weighted by molar-refractivity contribution is -0.118. The van der Waals surface area contributed by atoms with E-state index in [1.54, 1.807) is 11.0 Å². The lowest BCUT2D eigenvalue weighted by Gasteiger charge is -2.27. The summed E-state index contributed by atoms with van der Waals surface area (Å²) in [6.45, 7) is 1.93. The van der Waals surface area contributed by atoms with Gasteiger partial charge in [0.05, 0.1) is 11.8 Å². The summed E-state index contributed by atoms with van der Waals surface area (Å²) in [6, 6.07) is 8.81. The summed E-state index contributed by atoms with van der Waals surface area (Å²) >= 11 is 0. The molecule has 0 bridgehead atoms. The lowest BCUT2D eigenvalue weighted by Crippen LogP contribution is -2.41. The molecule has 0 unspecified atom stereocenters. The van der Waals surface area contributed by atoms with E-state index in [1.165, 1.54) is 5.41 Å². The summed E-state index contributed by atoms with van der Waals surface area (Å²) < 4.78 is 23.1. The van der Waals surface area contributed by atoms with Crippen LogP contribution in [0.5, 0.6) is 0 Å². The van der Waals surface area contributed by atoms with Crippen molar-refractivity contribution in [1.82, 2.24) is 0 Å². The number of amides is 1. The van der Waals surface area contributed by atoms with Gasteiger partial charge in [-0.25, -0.2) is 8.42 Å². The van der Waals surface area contributed by atoms with Gasteiger partial charge in [-0.05, 0) is 24.6 Å². The highest BCUT2D eigenvalue weighted by molar-refractivity contribution is 7.94. The van der Waals surface area contributed by atoms with Crippen LogP contribution in [0, 0.1) is 0 Å². The molecule has 2 rings (SSSR count). The van der Waals surface area contributed by atoms with E-state index < -0.39 is 15.9 Å². The van der Waals surface area contributed by atoms with Gasteiger partial charge in [-0.1, -0.05) is 25.1 Å². The first-order valence-electron chi connectivity index (χ1n) is 6.31. The van der Waals surface area contributed by atoms with Gasteiger partial charge in [0, 0.05) is 17.5 Å². The molecule has 1 aromatic carbocycles. The fourth-order valence-corrected chi connectivity index (χ4v) is 3.43. The number of para-hydroxylation sites is 1. The molecular formula is C14H17NO3S. The van der Waals surface area contributed by atoms with Gasteiger partial charge in [-0.3, -0.25) is 4.79 Å². The molecule has 1 atom stereocenters. The Labute approximate surface area is 113 Å². The highest BCUT2D eigenvalue weighted by Crippen LogP contribution is 2.23. The van der Waals surface area contributed by atoms with Crippen LogP contribution >= 0.6 is 0 Å². The molecule has 0 saturated carbocycles. The fraction of sp³-hybridized carbons (Fsp3) is 0.357. The van der Waals surface area contributed by atoms with Gasteiger partial charge in [-0.15, -0.1) is 0 Å². The van der Waals surface area contributed by atoms with E-state index in [-0.39, 0.29) is 11.7 Å². The minimum absolute atomic E-state index is 0.0304. The summed E-state index contributed by atoms with van der Waals surface area (Å²) in [5.41, 5.74) is 0.743. The van der Waals surface area contributed by atoms with Crippen LogP contribution < -0.4 is 4.90 Å². The maximum atomic E-state index is 12.2. The van der Waals surface area contributed by atoms with Gasteiger partial charge < -0.3 is 4.90 Å². The monoisotopic (exact) mass is 279 g/mol. The Morgan fingerprint density at radius 3 is 2.53 bits per heavy atom. The Hall–Kier alpha value is -1.62. The minimum Gasteiger partial charge on any atom is -0.304 e. The number of anilines is 1. The molecule has 0 aliphatic carbocycles. The average Bonchev–Trinajstić information content (AvgIpc) is 2.71. The Balaban J connectivity index is 2.31.